The van der Waals surface area contributed by atoms with Gasteiger partial charge in [0.1, 0.15) is 5.52 Å². The molecule has 7 nitrogen and oxygen atoms in total. The number of amides is 1. The van der Waals surface area contributed by atoms with E-state index in [1.54, 1.807) is 23.5 Å². The van der Waals surface area contributed by atoms with Gasteiger partial charge in [-0.1, -0.05) is 0 Å². The lowest BCUT2D eigenvalue weighted by molar-refractivity contribution is -0.0391. The molecule has 1 fully saturated rings. The molecule has 1 aliphatic rings. The molecular formula is C16H23N5O2. The number of carbonyl (C=O) groups excluding carboxylic acids is 1. The van der Waals surface area contributed by atoms with E-state index in [1.165, 1.54) is 0 Å². The lowest BCUT2D eigenvalue weighted by Gasteiger charge is -2.40. The van der Waals surface area contributed by atoms with Gasteiger partial charge in [-0.25, -0.2) is 9.97 Å². The third kappa shape index (κ3) is 3.20. The Bertz CT molecular complexity index is 726. The van der Waals surface area contributed by atoms with Crippen molar-refractivity contribution in [3.8, 4) is 0 Å². The summed E-state index contributed by atoms with van der Waals surface area (Å²) >= 11 is 0. The van der Waals surface area contributed by atoms with Crippen molar-refractivity contribution in [1.82, 2.24) is 24.3 Å². The Kier molecular flexibility index (Phi) is 4.08. The van der Waals surface area contributed by atoms with Crippen molar-refractivity contribution in [2.24, 2.45) is 7.05 Å². The van der Waals surface area contributed by atoms with E-state index < -0.39 is 5.60 Å². The van der Waals surface area contributed by atoms with Crippen molar-refractivity contribution in [3.05, 3.63) is 24.2 Å². The molecule has 7 heteroatoms. The first-order valence-electron chi connectivity index (χ1n) is 7.81. The van der Waals surface area contributed by atoms with Crippen LogP contribution in [0.15, 0.2) is 18.6 Å². The highest BCUT2D eigenvalue weighted by Crippen LogP contribution is 2.23. The van der Waals surface area contributed by atoms with Crippen LogP contribution in [-0.4, -0.2) is 74.7 Å². The molecule has 3 rings (SSSR count). The number of piperidine rings is 1. The topological polar surface area (TPSA) is 74.5 Å². The monoisotopic (exact) mass is 317 g/mol. The standard InChI is InChI=1S/C16H23N5O2/c1-19(2)9-16(23)5-4-6-21(10-16)15(22)12-7-13-14(17-8-12)20(3)11-18-13/h7-8,11,23H,4-6,9-10H2,1-3H3/t16-/m1/s1. The minimum absolute atomic E-state index is 0.0954. The number of carbonyl (C=O) groups is 1. The Hall–Kier alpha value is -1.99. The molecule has 2 aromatic rings. The average Bonchev–Trinajstić information content (AvgIpc) is 2.86. The molecule has 0 bridgehead atoms. The second-order valence-electron chi connectivity index (χ2n) is 6.71. The van der Waals surface area contributed by atoms with Crippen LogP contribution in [0.3, 0.4) is 0 Å². The zero-order valence-electron chi connectivity index (χ0n) is 13.9. The third-order valence-corrected chi connectivity index (χ3v) is 4.25. The quantitative estimate of drug-likeness (QED) is 0.892. The number of imidazole rings is 1. The van der Waals surface area contributed by atoms with Gasteiger partial charge in [0, 0.05) is 26.3 Å². The molecule has 0 saturated carbocycles. The zero-order valence-corrected chi connectivity index (χ0v) is 13.9. The number of aryl methyl sites for hydroxylation is 1. The second-order valence-corrected chi connectivity index (χ2v) is 6.71. The van der Waals surface area contributed by atoms with Crippen molar-refractivity contribution in [3.63, 3.8) is 0 Å². The molecule has 23 heavy (non-hydrogen) atoms. The number of hydrogen-bond acceptors (Lipinski definition) is 5. The van der Waals surface area contributed by atoms with Crippen LogP contribution in [0.25, 0.3) is 11.2 Å². The van der Waals surface area contributed by atoms with Crippen LogP contribution < -0.4 is 0 Å². The maximum absolute atomic E-state index is 12.8. The average molecular weight is 317 g/mol. The first-order valence-corrected chi connectivity index (χ1v) is 7.81. The largest absolute Gasteiger partial charge is 0.387 e. The summed E-state index contributed by atoms with van der Waals surface area (Å²) in [5.41, 5.74) is 1.13. The summed E-state index contributed by atoms with van der Waals surface area (Å²) in [6.07, 6.45) is 4.79. The number of likely N-dealkylation sites (N-methyl/N-ethyl adjacent to an activating group) is 1. The third-order valence-electron chi connectivity index (χ3n) is 4.25. The van der Waals surface area contributed by atoms with Crippen molar-refractivity contribution in [2.45, 2.75) is 18.4 Å². The van der Waals surface area contributed by atoms with Gasteiger partial charge in [-0.3, -0.25) is 4.79 Å². The molecule has 0 aliphatic carbocycles. The van der Waals surface area contributed by atoms with Crippen LogP contribution in [0, 0.1) is 0 Å². The maximum Gasteiger partial charge on any atom is 0.255 e. The molecule has 3 heterocycles. The highest BCUT2D eigenvalue weighted by atomic mass is 16.3. The van der Waals surface area contributed by atoms with Crippen molar-refractivity contribution in [1.29, 1.82) is 0 Å². The van der Waals surface area contributed by atoms with Gasteiger partial charge in [0.2, 0.25) is 0 Å². The molecule has 1 atom stereocenters. The fourth-order valence-electron chi connectivity index (χ4n) is 3.32. The number of nitrogens with zero attached hydrogens (tertiary/aromatic N) is 5. The molecule has 0 radical (unpaired) electrons. The summed E-state index contributed by atoms with van der Waals surface area (Å²) in [5, 5.41) is 10.7. The smallest absolute Gasteiger partial charge is 0.255 e. The predicted molar refractivity (Wildman–Crippen MR) is 87.2 cm³/mol. The van der Waals surface area contributed by atoms with Gasteiger partial charge in [0.15, 0.2) is 5.65 Å². The molecule has 0 aromatic carbocycles. The van der Waals surface area contributed by atoms with Crippen molar-refractivity contribution >= 4 is 17.1 Å². The number of rotatable bonds is 3. The van der Waals surface area contributed by atoms with E-state index in [0.29, 0.717) is 37.1 Å². The van der Waals surface area contributed by atoms with Crippen molar-refractivity contribution in [2.75, 3.05) is 33.7 Å². The van der Waals surface area contributed by atoms with E-state index in [4.69, 9.17) is 0 Å². The molecular weight excluding hydrogens is 294 g/mol. The molecule has 0 unspecified atom stereocenters. The minimum atomic E-state index is -0.847. The number of β-amino-alcohol motifs (C(OH)–C–C–N with tert-alkyl or cyclic N) is 1. The molecule has 2 aromatic heterocycles. The number of hydrogen-bond donors (Lipinski definition) is 1. The van der Waals surface area contributed by atoms with E-state index in [9.17, 15) is 9.90 Å². The van der Waals surface area contributed by atoms with Gasteiger partial charge in [-0.2, -0.15) is 0 Å². The summed E-state index contributed by atoms with van der Waals surface area (Å²) in [5.74, 6) is -0.0954. The summed E-state index contributed by atoms with van der Waals surface area (Å²) in [7, 11) is 5.73. The van der Waals surface area contributed by atoms with Gasteiger partial charge in [-0.15, -0.1) is 0 Å². The lowest BCUT2D eigenvalue weighted by atomic mass is 9.92. The zero-order chi connectivity index (χ0) is 16.6. The summed E-state index contributed by atoms with van der Waals surface area (Å²) in [6, 6.07) is 1.77. The van der Waals surface area contributed by atoms with Gasteiger partial charge in [0.25, 0.3) is 5.91 Å². The van der Waals surface area contributed by atoms with Crippen LogP contribution in [0.2, 0.25) is 0 Å². The Morgan fingerprint density at radius 3 is 2.96 bits per heavy atom. The highest BCUT2D eigenvalue weighted by molar-refractivity contribution is 5.96. The Balaban J connectivity index is 1.80. The number of pyridine rings is 1. The van der Waals surface area contributed by atoms with E-state index in [1.807, 2.05) is 30.6 Å². The SMILES string of the molecule is CN(C)C[C@]1(O)CCCN(C(=O)c2cnc3c(c2)ncn3C)C1. The molecule has 1 N–H and O–H groups in total. The molecule has 0 spiro atoms. The van der Waals surface area contributed by atoms with Gasteiger partial charge < -0.3 is 19.5 Å². The Labute approximate surface area is 135 Å². The van der Waals surface area contributed by atoms with Gasteiger partial charge in [-0.05, 0) is 33.0 Å². The first kappa shape index (κ1) is 15.9. The van der Waals surface area contributed by atoms with E-state index in [0.717, 1.165) is 12.1 Å². The maximum atomic E-state index is 12.8. The molecule has 1 aliphatic heterocycles. The summed E-state index contributed by atoms with van der Waals surface area (Å²) < 4.78 is 1.82. The van der Waals surface area contributed by atoms with E-state index >= 15 is 0 Å². The van der Waals surface area contributed by atoms with Gasteiger partial charge in [0.05, 0.1) is 24.0 Å². The molecule has 1 amide bonds. The Morgan fingerprint density at radius 1 is 1.43 bits per heavy atom. The number of aromatic nitrogens is 3. The molecule has 124 valence electrons. The second kappa shape index (κ2) is 5.90. The van der Waals surface area contributed by atoms with Crippen LogP contribution in [0.4, 0.5) is 0 Å². The summed E-state index contributed by atoms with van der Waals surface area (Å²) in [6.45, 7) is 1.56. The van der Waals surface area contributed by atoms with Gasteiger partial charge >= 0.3 is 0 Å². The number of fused-ring (bicyclic) bond motifs is 1. The minimum Gasteiger partial charge on any atom is -0.387 e. The number of likely N-dealkylation sites (tertiary alicyclic amines) is 1. The fourth-order valence-corrected chi connectivity index (χ4v) is 3.32. The highest BCUT2D eigenvalue weighted by Gasteiger charge is 2.36. The van der Waals surface area contributed by atoms with Crippen LogP contribution >= 0.6 is 0 Å². The van der Waals surface area contributed by atoms with E-state index in [-0.39, 0.29) is 5.91 Å². The first-order chi connectivity index (χ1) is 10.9. The lowest BCUT2D eigenvalue weighted by Crippen LogP contribution is -2.54. The van der Waals surface area contributed by atoms with Crippen LogP contribution in [0.1, 0.15) is 23.2 Å². The van der Waals surface area contributed by atoms with Crippen molar-refractivity contribution < 1.29 is 9.90 Å². The summed E-state index contributed by atoms with van der Waals surface area (Å²) in [4.78, 5) is 25.0. The fraction of sp³-hybridized carbons (Fsp3) is 0.562. The van der Waals surface area contributed by atoms with Crippen LogP contribution in [0.5, 0.6) is 0 Å². The predicted octanol–water partition coefficient (Wildman–Crippen LogP) is 0.497. The van der Waals surface area contributed by atoms with Crippen LogP contribution in [-0.2, 0) is 7.05 Å². The normalized spacial score (nSPS) is 22.0. The Morgan fingerprint density at radius 2 is 2.22 bits per heavy atom. The molecule has 1 saturated heterocycles. The number of aliphatic hydroxyl groups is 1. The van der Waals surface area contributed by atoms with E-state index in [2.05, 4.69) is 9.97 Å².